The molecule has 0 saturated carbocycles. The minimum absolute atomic E-state index is 0.253. The molecule has 0 atom stereocenters. The Morgan fingerprint density at radius 1 is 0.867 bits per heavy atom. The number of hydrogen-bond donors (Lipinski definition) is 1. The lowest BCUT2D eigenvalue weighted by molar-refractivity contribution is 0.102. The summed E-state index contributed by atoms with van der Waals surface area (Å²) in [5.74, 6) is 0.630. The van der Waals surface area contributed by atoms with Crippen LogP contribution in [0.3, 0.4) is 0 Å². The third kappa shape index (κ3) is 5.21. The number of nitrogens with one attached hydrogen (secondary N) is 1. The van der Waals surface area contributed by atoms with Crippen molar-refractivity contribution in [3.05, 3.63) is 103 Å². The van der Waals surface area contributed by atoms with Gasteiger partial charge in [0.2, 0.25) is 0 Å². The zero-order valence-electron chi connectivity index (χ0n) is 15.9. The molecule has 4 rings (SSSR count). The van der Waals surface area contributed by atoms with Crippen LogP contribution < -0.4 is 10.1 Å². The molecule has 148 valence electrons. The highest BCUT2D eigenvalue weighted by atomic mass is 32.2. The summed E-state index contributed by atoms with van der Waals surface area (Å²) in [6, 6.07) is 20.4. The number of anilines is 1. The van der Waals surface area contributed by atoms with Gasteiger partial charge in [0.1, 0.15) is 11.6 Å². The van der Waals surface area contributed by atoms with E-state index in [9.17, 15) is 4.79 Å². The van der Waals surface area contributed by atoms with E-state index in [0.29, 0.717) is 23.7 Å². The van der Waals surface area contributed by atoms with Crippen molar-refractivity contribution < 1.29 is 9.53 Å². The van der Waals surface area contributed by atoms with Gasteiger partial charge in [-0.15, -0.1) is 0 Å². The van der Waals surface area contributed by atoms with E-state index in [1.165, 1.54) is 11.8 Å². The van der Waals surface area contributed by atoms with E-state index in [4.69, 9.17) is 4.74 Å². The van der Waals surface area contributed by atoms with Gasteiger partial charge in [-0.05, 0) is 66.2 Å². The summed E-state index contributed by atoms with van der Waals surface area (Å²) in [7, 11) is 0. The van der Waals surface area contributed by atoms with Crippen molar-refractivity contribution in [1.82, 2.24) is 15.0 Å². The molecule has 30 heavy (non-hydrogen) atoms. The minimum atomic E-state index is -0.253. The topological polar surface area (TPSA) is 77.0 Å². The van der Waals surface area contributed by atoms with Gasteiger partial charge < -0.3 is 10.1 Å². The van der Waals surface area contributed by atoms with Gasteiger partial charge in [-0.1, -0.05) is 17.8 Å². The van der Waals surface area contributed by atoms with E-state index in [1.54, 1.807) is 49.1 Å². The smallest absolute Gasteiger partial charge is 0.256 e. The Morgan fingerprint density at radius 2 is 1.67 bits per heavy atom. The molecule has 0 spiro atoms. The lowest BCUT2D eigenvalue weighted by Gasteiger charge is -2.11. The molecule has 3 heterocycles. The summed E-state index contributed by atoms with van der Waals surface area (Å²) < 4.78 is 5.83. The summed E-state index contributed by atoms with van der Waals surface area (Å²) in [5, 5.41) is 3.73. The van der Waals surface area contributed by atoms with Crippen molar-refractivity contribution in [2.75, 3.05) is 5.32 Å². The molecule has 1 aromatic carbocycles. The molecule has 1 N–H and O–H groups in total. The summed E-state index contributed by atoms with van der Waals surface area (Å²) in [6.07, 6.45) is 6.79. The Kier molecular flexibility index (Phi) is 6.31. The predicted octanol–water partition coefficient (Wildman–Crippen LogP) is 4.85. The average Bonchev–Trinajstić information content (AvgIpc) is 2.80. The SMILES string of the molecule is O=C(Nc1ncccc1OCc1ccncc1)c1ccc(Sc2ccccn2)cc1. The van der Waals surface area contributed by atoms with Gasteiger partial charge in [0.15, 0.2) is 11.6 Å². The molecule has 0 unspecified atom stereocenters. The third-order valence-corrected chi connectivity index (χ3v) is 5.08. The molecule has 7 heteroatoms. The summed E-state index contributed by atoms with van der Waals surface area (Å²) in [4.78, 5) is 26.2. The fourth-order valence-corrected chi connectivity index (χ4v) is 3.40. The molecular formula is C23H18N4O2S. The van der Waals surface area contributed by atoms with Crippen LogP contribution in [-0.4, -0.2) is 20.9 Å². The number of hydrogen-bond acceptors (Lipinski definition) is 6. The number of pyridine rings is 3. The monoisotopic (exact) mass is 414 g/mol. The van der Waals surface area contributed by atoms with Crippen LogP contribution in [0.4, 0.5) is 5.82 Å². The largest absolute Gasteiger partial charge is 0.485 e. The molecule has 0 aliphatic rings. The second-order valence-electron chi connectivity index (χ2n) is 6.24. The van der Waals surface area contributed by atoms with Crippen LogP contribution in [0.25, 0.3) is 0 Å². The first-order chi connectivity index (χ1) is 14.8. The van der Waals surface area contributed by atoms with Crippen LogP contribution in [-0.2, 0) is 6.61 Å². The number of aromatic nitrogens is 3. The summed E-state index contributed by atoms with van der Waals surface area (Å²) in [6.45, 7) is 0.358. The maximum Gasteiger partial charge on any atom is 0.256 e. The van der Waals surface area contributed by atoms with Crippen LogP contribution in [0, 0.1) is 0 Å². The molecule has 6 nitrogen and oxygen atoms in total. The number of benzene rings is 1. The van der Waals surface area contributed by atoms with Crippen LogP contribution in [0.1, 0.15) is 15.9 Å². The Bertz CT molecular complexity index is 1110. The maximum absolute atomic E-state index is 12.7. The Balaban J connectivity index is 1.41. The summed E-state index contributed by atoms with van der Waals surface area (Å²) >= 11 is 1.54. The van der Waals surface area contributed by atoms with E-state index >= 15 is 0 Å². The highest BCUT2D eigenvalue weighted by molar-refractivity contribution is 7.99. The van der Waals surface area contributed by atoms with Crippen LogP contribution in [0.15, 0.2) is 101 Å². The lowest BCUT2D eigenvalue weighted by atomic mass is 10.2. The van der Waals surface area contributed by atoms with Crippen molar-refractivity contribution in [3.8, 4) is 5.75 Å². The van der Waals surface area contributed by atoms with Gasteiger partial charge in [0.05, 0.1) is 0 Å². The third-order valence-electron chi connectivity index (χ3n) is 4.12. The van der Waals surface area contributed by atoms with E-state index in [2.05, 4.69) is 20.3 Å². The van der Waals surface area contributed by atoms with Gasteiger partial charge >= 0.3 is 0 Å². The van der Waals surface area contributed by atoms with Crippen molar-refractivity contribution in [2.45, 2.75) is 16.5 Å². The predicted molar refractivity (Wildman–Crippen MR) is 116 cm³/mol. The number of carbonyl (C=O) groups is 1. The Labute approximate surface area is 178 Å². The van der Waals surface area contributed by atoms with E-state index < -0.39 is 0 Å². The second-order valence-corrected chi connectivity index (χ2v) is 7.34. The molecule has 4 aromatic rings. The highest BCUT2D eigenvalue weighted by Gasteiger charge is 2.11. The molecule has 0 fully saturated rings. The van der Waals surface area contributed by atoms with Crippen molar-refractivity contribution in [2.24, 2.45) is 0 Å². The first-order valence-electron chi connectivity index (χ1n) is 9.25. The van der Waals surface area contributed by atoms with Crippen molar-refractivity contribution in [3.63, 3.8) is 0 Å². The van der Waals surface area contributed by atoms with Crippen molar-refractivity contribution >= 4 is 23.5 Å². The zero-order valence-corrected chi connectivity index (χ0v) is 16.8. The Morgan fingerprint density at radius 3 is 2.43 bits per heavy atom. The van der Waals surface area contributed by atoms with E-state index in [-0.39, 0.29) is 5.91 Å². The van der Waals surface area contributed by atoms with Gasteiger partial charge in [-0.3, -0.25) is 9.78 Å². The molecule has 3 aromatic heterocycles. The quantitative estimate of drug-likeness (QED) is 0.466. The lowest BCUT2D eigenvalue weighted by Crippen LogP contribution is -2.14. The Hall–Kier alpha value is -3.71. The van der Waals surface area contributed by atoms with E-state index in [1.807, 2.05) is 42.5 Å². The number of rotatable bonds is 7. The van der Waals surface area contributed by atoms with Gasteiger partial charge in [-0.2, -0.15) is 0 Å². The second kappa shape index (κ2) is 9.67. The highest BCUT2D eigenvalue weighted by Crippen LogP contribution is 2.26. The molecule has 0 saturated heterocycles. The number of carbonyl (C=O) groups excluding carboxylic acids is 1. The molecule has 1 amide bonds. The van der Waals surface area contributed by atoms with Crippen molar-refractivity contribution in [1.29, 1.82) is 0 Å². The molecular weight excluding hydrogens is 396 g/mol. The minimum Gasteiger partial charge on any atom is -0.485 e. The van der Waals surface area contributed by atoms with Gasteiger partial charge in [-0.25, -0.2) is 9.97 Å². The number of amides is 1. The number of nitrogens with zero attached hydrogens (tertiary/aromatic N) is 3. The van der Waals surface area contributed by atoms with Crippen LogP contribution in [0.2, 0.25) is 0 Å². The molecule has 0 aliphatic heterocycles. The first kappa shape index (κ1) is 19.6. The van der Waals surface area contributed by atoms with E-state index in [0.717, 1.165) is 15.5 Å². The van der Waals surface area contributed by atoms with Crippen LogP contribution in [0.5, 0.6) is 5.75 Å². The molecule has 0 radical (unpaired) electrons. The van der Waals surface area contributed by atoms with Gasteiger partial charge in [0, 0.05) is 35.2 Å². The fraction of sp³-hybridized carbons (Fsp3) is 0.0435. The summed E-state index contributed by atoms with van der Waals surface area (Å²) in [5.41, 5.74) is 1.51. The molecule has 0 bridgehead atoms. The van der Waals surface area contributed by atoms with Crippen LogP contribution >= 0.6 is 11.8 Å². The number of ether oxygens (including phenoxy) is 1. The average molecular weight is 414 g/mol. The first-order valence-corrected chi connectivity index (χ1v) is 10.1. The standard InChI is InChI=1S/C23H18N4O2S/c28-23(18-6-8-19(9-7-18)30-21-5-1-2-12-25-21)27-22-20(4-3-13-26-22)29-16-17-10-14-24-15-11-17/h1-15H,16H2,(H,26,27,28). The zero-order chi connectivity index (χ0) is 20.6. The fourth-order valence-electron chi connectivity index (χ4n) is 2.62. The maximum atomic E-state index is 12.7. The van der Waals surface area contributed by atoms with Gasteiger partial charge in [0.25, 0.3) is 5.91 Å². The molecule has 0 aliphatic carbocycles. The normalized spacial score (nSPS) is 10.4.